The number of H-pyrrole nitrogens is 1. The molecular formula is C19H20FN3O5. The molecule has 1 aromatic heterocycles. The van der Waals surface area contributed by atoms with Crippen molar-refractivity contribution in [3.63, 3.8) is 0 Å². The monoisotopic (exact) mass is 389 g/mol. The summed E-state index contributed by atoms with van der Waals surface area (Å²) in [6.07, 6.45) is 3.21. The summed E-state index contributed by atoms with van der Waals surface area (Å²) < 4.78 is 25.5. The molecule has 28 heavy (non-hydrogen) atoms. The van der Waals surface area contributed by atoms with Gasteiger partial charge >= 0.3 is 11.8 Å². The van der Waals surface area contributed by atoms with Gasteiger partial charge in [0.15, 0.2) is 6.23 Å². The first-order valence-electron chi connectivity index (χ1n) is 8.74. The number of nitrogens with zero attached hydrogens (tertiary/aromatic N) is 1. The molecule has 148 valence electrons. The Balaban J connectivity index is 1.44. The highest BCUT2D eigenvalue weighted by molar-refractivity contribution is 5.67. The van der Waals surface area contributed by atoms with Crippen LogP contribution in [0, 0.1) is 12.7 Å². The average Bonchev–Trinajstić information content (AvgIpc) is 3.13. The molecule has 0 aliphatic carbocycles. The Labute approximate surface area is 159 Å². The van der Waals surface area contributed by atoms with Crippen molar-refractivity contribution in [3.8, 4) is 0 Å². The number of hydrogen-bond acceptors (Lipinski definition) is 5. The van der Waals surface area contributed by atoms with Gasteiger partial charge < -0.3 is 14.8 Å². The van der Waals surface area contributed by atoms with Gasteiger partial charge in [-0.05, 0) is 31.1 Å². The van der Waals surface area contributed by atoms with Crippen molar-refractivity contribution in [1.82, 2.24) is 14.9 Å². The molecule has 0 bridgehead atoms. The predicted octanol–water partition coefficient (Wildman–Crippen LogP) is 1.41. The molecule has 9 heteroatoms. The molecular weight excluding hydrogens is 369 g/mol. The first-order valence-corrected chi connectivity index (χ1v) is 8.74. The van der Waals surface area contributed by atoms with Crippen LogP contribution in [0.1, 0.15) is 17.4 Å². The zero-order valence-electron chi connectivity index (χ0n) is 15.2. The van der Waals surface area contributed by atoms with Gasteiger partial charge in [-0.15, -0.1) is 0 Å². The minimum atomic E-state index is -0.694. The number of aromatic nitrogens is 2. The smallest absolute Gasteiger partial charge is 0.407 e. The summed E-state index contributed by atoms with van der Waals surface area (Å²) in [4.78, 5) is 37.3. The number of ether oxygens (including phenoxy) is 2. The van der Waals surface area contributed by atoms with Crippen LogP contribution in [0.15, 0.2) is 52.2 Å². The molecule has 2 aromatic rings. The summed E-state index contributed by atoms with van der Waals surface area (Å²) in [6, 6.07) is 6.35. The fourth-order valence-corrected chi connectivity index (χ4v) is 2.73. The maximum Gasteiger partial charge on any atom is 0.407 e. The zero-order chi connectivity index (χ0) is 20.1. The third-order valence-electron chi connectivity index (χ3n) is 4.22. The Kier molecular flexibility index (Phi) is 6.05. The van der Waals surface area contributed by atoms with Gasteiger partial charge in [-0.25, -0.2) is 14.0 Å². The Morgan fingerprint density at radius 3 is 2.89 bits per heavy atom. The van der Waals surface area contributed by atoms with Crippen LogP contribution in [0.4, 0.5) is 9.18 Å². The molecule has 0 saturated heterocycles. The third kappa shape index (κ3) is 4.74. The molecule has 0 fully saturated rings. The Hall–Kier alpha value is -3.20. The first-order chi connectivity index (χ1) is 13.4. The van der Waals surface area contributed by atoms with Gasteiger partial charge in [-0.3, -0.25) is 14.3 Å². The van der Waals surface area contributed by atoms with E-state index in [0.29, 0.717) is 17.5 Å². The van der Waals surface area contributed by atoms with Gasteiger partial charge in [0.2, 0.25) is 0 Å². The third-order valence-corrected chi connectivity index (χ3v) is 4.22. The fourth-order valence-electron chi connectivity index (χ4n) is 2.73. The SMILES string of the molecule is Cc1cn([C@H]2C=C[C@@H](COC(=O)NCCc3ccccc3F)O2)c(=O)[nH]c1=O. The maximum absolute atomic E-state index is 13.5. The maximum atomic E-state index is 13.5. The van der Waals surface area contributed by atoms with Gasteiger partial charge in [0.05, 0.1) is 0 Å². The van der Waals surface area contributed by atoms with E-state index in [2.05, 4.69) is 10.3 Å². The van der Waals surface area contributed by atoms with E-state index >= 15 is 0 Å². The van der Waals surface area contributed by atoms with Crippen LogP contribution in [0.5, 0.6) is 0 Å². The minimum absolute atomic E-state index is 0.0460. The van der Waals surface area contributed by atoms with Gasteiger partial charge in [-0.1, -0.05) is 24.3 Å². The van der Waals surface area contributed by atoms with Crippen LogP contribution < -0.4 is 16.6 Å². The number of aromatic amines is 1. The quantitative estimate of drug-likeness (QED) is 0.728. The van der Waals surface area contributed by atoms with Gasteiger partial charge in [-0.2, -0.15) is 0 Å². The number of amides is 1. The Morgan fingerprint density at radius 2 is 2.11 bits per heavy atom. The number of alkyl carbamates (subject to hydrolysis) is 1. The summed E-state index contributed by atoms with van der Waals surface area (Å²) >= 11 is 0. The summed E-state index contributed by atoms with van der Waals surface area (Å²) in [7, 11) is 0. The number of benzene rings is 1. The fraction of sp³-hybridized carbons (Fsp3) is 0.316. The lowest BCUT2D eigenvalue weighted by atomic mass is 10.1. The molecule has 0 spiro atoms. The van der Waals surface area contributed by atoms with Crippen molar-refractivity contribution in [2.24, 2.45) is 0 Å². The second-order valence-electron chi connectivity index (χ2n) is 6.30. The molecule has 8 nitrogen and oxygen atoms in total. The number of aryl methyl sites for hydroxylation is 1. The van der Waals surface area contributed by atoms with Crippen LogP contribution in [-0.2, 0) is 15.9 Å². The number of halogens is 1. The van der Waals surface area contributed by atoms with Crippen molar-refractivity contribution in [3.05, 3.63) is 80.4 Å². The van der Waals surface area contributed by atoms with Crippen LogP contribution in [0.2, 0.25) is 0 Å². The molecule has 1 aliphatic rings. The number of nitrogens with one attached hydrogen (secondary N) is 2. The van der Waals surface area contributed by atoms with Crippen molar-refractivity contribution >= 4 is 6.09 Å². The van der Waals surface area contributed by atoms with E-state index < -0.39 is 29.7 Å². The largest absolute Gasteiger partial charge is 0.446 e. The Bertz CT molecular complexity index is 998. The number of hydrogen-bond donors (Lipinski definition) is 2. The first kappa shape index (κ1) is 19.6. The number of carbonyl (C=O) groups is 1. The van der Waals surface area contributed by atoms with E-state index in [1.807, 2.05) is 0 Å². The van der Waals surface area contributed by atoms with Gasteiger partial charge in [0, 0.05) is 18.3 Å². The molecule has 3 rings (SSSR count). The summed E-state index contributed by atoms with van der Waals surface area (Å²) in [5.41, 5.74) is -0.146. The molecule has 0 radical (unpaired) electrons. The molecule has 1 aliphatic heterocycles. The standard InChI is InChI=1S/C19H20FN3O5/c1-12-10-23(18(25)22-17(12)24)16-7-6-14(28-16)11-27-19(26)21-9-8-13-4-2-3-5-15(13)20/h2-7,10,14,16H,8-9,11H2,1H3,(H,21,26)(H,22,24,25)/t14-,16+/m0/s1. The van der Waals surface area contributed by atoms with Crippen LogP contribution in [0.25, 0.3) is 0 Å². The van der Waals surface area contributed by atoms with E-state index in [9.17, 15) is 18.8 Å². The second kappa shape index (κ2) is 8.66. The molecule has 1 aromatic carbocycles. The highest BCUT2D eigenvalue weighted by Gasteiger charge is 2.23. The highest BCUT2D eigenvalue weighted by atomic mass is 19.1. The molecule has 2 heterocycles. The zero-order valence-corrected chi connectivity index (χ0v) is 15.2. The lowest BCUT2D eigenvalue weighted by Crippen LogP contribution is -2.34. The van der Waals surface area contributed by atoms with Crippen molar-refractivity contribution < 1.29 is 18.7 Å². The van der Waals surface area contributed by atoms with Crippen LogP contribution in [-0.4, -0.2) is 34.9 Å². The minimum Gasteiger partial charge on any atom is -0.446 e. The second-order valence-corrected chi connectivity index (χ2v) is 6.30. The normalized spacial score (nSPS) is 18.2. The van der Waals surface area contributed by atoms with E-state index in [4.69, 9.17) is 9.47 Å². The lowest BCUT2D eigenvalue weighted by Gasteiger charge is -2.16. The molecule has 1 amide bonds. The van der Waals surface area contributed by atoms with Gasteiger partial charge in [0.25, 0.3) is 5.56 Å². The van der Waals surface area contributed by atoms with Crippen LogP contribution >= 0.6 is 0 Å². The van der Waals surface area contributed by atoms with E-state index in [1.165, 1.54) is 16.8 Å². The summed E-state index contributed by atoms with van der Waals surface area (Å²) in [6.45, 7) is 1.77. The topological polar surface area (TPSA) is 102 Å². The predicted molar refractivity (Wildman–Crippen MR) is 98.6 cm³/mol. The highest BCUT2D eigenvalue weighted by Crippen LogP contribution is 2.19. The van der Waals surface area contributed by atoms with Crippen molar-refractivity contribution in [1.29, 1.82) is 0 Å². The van der Waals surface area contributed by atoms with Crippen LogP contribution in [0.3, 0.4) is 0 Å². The number of rotatable bonds is 6. The van der Waals surface area contributed by atoms with E-state index in [1.54, 1.807) is 37.3 Å². The van der Waals surface area contributed by atoms with E-state index in [0.717, 1.165) is 0 Å². The molecule has 0 unspecified atom stereocenters. The van der Waals surface area contributed by atoms with E-state index in [-0.39, 0.29) is 19.0 Å². The number of carbonyl (C=O) groups excluding carboxylic acids is 1. The molecule has 2 atom stereocenters. The van der Waals surface area contributed by atoms with Crippen molar-refractivity contribution in [2.75, 3.05) is 13.2 Å². The average molecular weight is 389 g/mol. The summed E-state index contributed by atoms with van der Waals surface area (Å²) in [5.74, 6) is -0.319. The van der Waals surface area contributed by atoms with Gasteiger partial charge in [0.1, 0.15) is 18.5 Å². The van der Waals surface area contributed by atoms with Crippen molar-refractivity contribution in [2.45, 2.75) is 25.7 Å². The Morgan fingerprint density at radius 1 is 1.32 bits per heavy atom. The molecule has 2 N–H and O–H groups in total. The summed E-state index contributed by atoms with van der Waals surface area (Å²) in [5, 5.41) is 2.55. The lowest BCUT2D eigenvalue weighted by molar-refractivity contribution is -0.0149. The molecule has 0 saturated carbocycles.